The summed E-state index contributed by atoms with van der Waals surface area (Å²) in [5.41, 5.74) is 1.73. The molecule has 136 valence electrons. The maximum Gasteiger partial charge on any atom is 0.269 e. The van der Waals surface area contributed by atoms with E-state index in [1.54, 1.807) is 29.3 Å². The van der Waals surface area contributed by atoms with Gasteiger partial charge in [-0.1, -0.05) is 23.7 Å². The van der Waals surface area contributed by atoms with E-state index in [1.807, 2.05) is 19.9 Å². The first-order valence-corrected chi connectivity index (χ1v) is 8.46. The van der Waals surface area contributed by atoms with Crippen LogP contribution in [0.1, 0.15) is 25.0 Å². The fourth-order valence-corrected chi connectivity index (χ4v) is 2.69. The summed E-state index contributed by atoms with van der Waals surface area (Å²) in [6, 6.07) is 11.8. The van der Waals surface area contributed by atoms with E-state index in [0.29, 0.717) is 29.9 Å². The van der Waals surface area contributed by atoms with E-state index < -0.39 is 4.92 Å². The third-order valence-corrected chi connectivity index (χ3v) is 3.93. The van der Waals surface area contributed by atoms with Gasteiger partial charge in [0.15, 0.2) is 6.73 Å². The van der Waals surface area contributed by atoms with Crippen molar-refractivity contribution in [2.75, 3.05) is 6.73 Å². The first-order chi connectivity index (χ1) is 12.4. The van der Waals surface area contributed by atoms with Crippen LogP contribution in [0.25, 0.3) is 0 Å². The average molecular weight is 376 g/mol. The van der Waals surface area contributed by atoms with Crippen molar-refractivity contribution in [3.05, 3.63) is 68.7 Å². The van der Waals surface area contributed by atoms with Crippen LogP contribution >= 0.6 is 11.6 Å². The van der Waals surface area contributed by atoms with Gasteiger partial charge in [0.2, 0.25) is 5.90 Å². The molecule has 0 amide bonds. The highest BCUT2D eigenvalue weighted by Gasteiger charge is 2.19. The molecule has 8 heteroatoms. The Bertz CT molecular complexity index is 837. The summed E-state index contributed by atoms with van der Waals surface area (Å²) in [5.74, 6) is 1.09. The monoisotopic (exact) mass is 375 g/mol. The second-order valence-corrected chi connectivity index (χ2v) is 6.49. The number of halogens is 1. The zero-order chi connectivity index (χ0) is 18.7. The summed E-state index contributed by atoms with van der Waals surface area (Å²) in [6.07, 6.45) is 0.0376. The van der Waals surface area contributed by atoms with Crippen molar-refractivity contribution < 1.29 is 14.4 Å². The van der Waals surface area contributed by atoms with E-state index in [-0.39, 0.29) is 11.8 Å². The van der Waals surface area contributed by atoms with Gasteiger partial charge in [0, 0.05) is 17.7 Å². The van der Waals surface area contributed by atoms with Crippen LogP contribution in [0.2, 0.25) is 5.02 Å². The van der Waals surface area contributed by atoms with E-state index in [4.69, 9.17) is 21.1 Å². The average Bonchev–Trinajstić information content (AvgIpc) is 3.05. The van der Waals surface area contributed by atoms with Gasteiger partial charge in [0.25, 0.3) is 5.69 Å². The van der Waals surface area contributed by atoms with Gasteiger partial charge in [0.1, 0.15) is 5.75 Å². The molecule has 1 heterocycles. The summed E-state index contributed by atoms with van der Waals surface area (Å²) in [4.78, 5) is 10.3. The van der Waals surface area contributed by atoms with Gasteiger partial charge in [-0.15, -0.1) is 5.10 Å². The fraction of sp³-hybridized carbons (Fsp3) is 0.278. The Labute approximate surface area is 155 Å². The van der Waals surface area contributed by atoms with Crippen molar-refractivity contribution in [1.82, 2.24) is 5.01 Å². The normalized spacial score (nSPS) is 13.5. The largest absolute Gasteiger partial charge is 0.489 e. The fourth-order valence-electron chi connectivity index (χ4n) is 2.46. The number of nitro benzene ring substituents is 1. The number of nitrogens with zero attached hydrogens (tertiary/aromatic N) is 3. The van der Waals surface area contributed by atoms with Crippen LogP contribution in [-0.4, -0.2) is 28.7 Å². The number of hydrogen-bond donors (Lipinski definition) is 0. The van der Waals surface area contributed by atoms with Crippen LogP contribution < -0.4 is 4.74 Å². The van der Waals surface area contributed by atoms with Crippen molar-refractivity contribution in [2.24, 2.45) is 5.10 Å². The lowest BCUT2D eigenvalue weighted by molar-refractivity contribution is -0.384. The van der Waals surface area contributed by atoms with Crippen molar-refractivity contribution >= 4 is 23.2 Å². The molecule has 0 atom stereocenters. The molecule has 0 aliphatic carbocycles. The standard InChI is InChI=1S/C18H18ClN3O4/c1-12(2)26-17-8-5-14(9-16(17)19)18-20-21(11-25-18)10-13-3-6-15(7-4-13)22(23)24/h3-9,12H,10-11H2,1-2H3. The highest BCUT2D eigenvalue weighted by atomic mass is 35.5. The molecule has 0 fully saturated rings. The Kier molecular flexibility index (Phi) is 5.27. The molecular weight excluding hydrogens is 358 g/mol. The molecule has 0 radical (unpaired) electrons. The Morgan fingerprint density at radius 3 is 2.65 bits per heavy atom. The molecule has 0 saturated heterocycles. The summed E-state index contributed by atoms with van der Waals surface area (Å²) in [6.45, 7) is 4.66. The predicted octanol–water partition coefficient (Wildman–Crippen LogP) is 4.19. The number of ether oxygens (including phenoxy) is 2. The van der Waals surface area contributed by atoms with Crippen LogP contribution in [0, 0.1) is 10.1 Å². The minimum absolute atomic E-state index is 0.0376. The predicted molar refractivity (Wildman–Crippen MR) is 98.3 cm³/mol. The van der Waals surface area contributed by atoms with Crippen LogP contribution in [0.3, 0.4) is 0 Å². The van der Waals surface area contributed by atoms with E-state index in [9.17, 15) is 10.1 Å². The number of hydrogen-bond acceptors (Lipinski definition) is 6. The molecule has 0 aromatic heterocycles. The van der Waals surface area contributed by atoms with Crippen molar-refractivity contribution in [3.8, 4) is 5.75 Å². The third-order valence-electron chi connectivity index (χ3n) is 3.64. The molecule has 2 aromatic carbocycles. The third kappa shape index (κ3) is 4.23. The highest BCUT2D eigenvalue weighted by Crippen LogP contribution is 2.28. The number of benzene rings is 2. The lowest BCUT2D eigenvalue weighted by atomic mass is 10.2. The second-order valence-electron chi connectivity index (χ2n) is 6.08. The molecule has 0 unspecified atom stereocenters. The zero-order valence-corrected chi connectivity index (χ0v) is 15.1. The van der Waals surface area contributed by atoms with Crippen molar-refractivity contribution in [1.29, 1.82) is 0 Å². The SMILES string of the molecule is CC(C)Oc1ccc(C2=NN(Cc3ccc([N+](=O)[O-])cc3)CO2)cc1Cl. The van der Waals surface area contributed by atoms with Gasteiger partial charge in [-0.25, -0.2) is 0 Å². The topological polar surface area (TPSA) is 77.2 Å². The lowest BCUT2D eigenvalue weighted by Crippen LogP contribution is -2.14. The van der Waals surface area contributed by atoms with E-state index >= 15 is 0 Å². The molecule has 3 rings (SSSR count). The molecule has 0 spiro atoms. The maximum absolute atomic E-state index is 10.7. The van der Waals surface area contributed by atoms with Gasteiger partial charge in [-0.3, -0.25) is 15.1 Å². The molecule has 26 heavy (non-hydrogen) atoms. The quantitative estimate of drug-likeness (QED) is 0.559. The number of nitro groups is 1. The molecule has 1 aliphatic heterocycles. The van der Waals surface area contributed by atoms with Gasteiger partial charge in [-0.2, -0.15) is 0 Å². The molecule has 7 nitrogen and oxygen atoms in total. The highest BCUT2D eigenvalue weighted by molar-refractivity contribution is 6.32. The first-order valence-electron chi connectivity index (χ1n) is 8.08. The molecule has 2 aromatic rings. The Hall–Kier alpha value is -2.80. The van der Waals surface area contributed by atoms with Gasteiger partial charge in [-0.05, 0) is 37.6 Å². The summed E-state index contributed by atoms with van der Waals surface area (Å²) >= 11 is 6.25. The minimum atomic E-state index is -0.421. The lowest BCUT2D eigenvalue weighted by Gasteiger charge is -2.11. The first kappa shape index (κ1) is 18.0. The van der Waals surface area contributed by atoms with Gasteiger partial charge >= 0.3 is 0 Å². The van der Waals surface area contributed by atoms with Crippen LogP contribution in [0.5, 0.6) is 5.75 Å². The minimum Gasteiger partial charge on any atom is -0.489 e. The van der Waals surface area contributed by atoms with Crippen molar-refractivity contribution in [3.63, 3.8) is 0 Å². The molecule has 0 saturated carbocycles. The smallest absolute Gasteiger partial charge is 0.269 e. The Morgan fingerprint density at radius 2 is 2.04 bits per heavy atom. The molecule has 0 N–H and O–H groups in total. The van der Waals surface area contributed by atoms with Crippen LogP contribution in [0.15, 0.2) is 47.6 Å². The Morgan fingerprint density at radius 1 is 1.31 bits per heavy atom. The summed E-state index contributed by atoms with van der Waals surface area (Å²) in [5, 5.41) is 17.4. The number of non-ortho nitro benzene ring substituents is 1. The van der Waals surface area contributed by atoms with E-state index in [2.05, 4.69) is 5.10 Å². The van der Waals surface area contributed by atoms with E-state index in [0.717, 1.165) is 11.1 Å². The second kappa shape index (κ2) is 7.61. The van der Waals surface area contributed by atoms with Gasteiger partial charge < -0.3 is 9.47 Å². The van der Waals surface area contributed by atoms with Crippen molar-refractivity contribution in [2.45, 2.75) is 26.5 Å². The molecule has 1 aliphatic rings. The maximum atomic E-state index is 10.7. The Balaban J connectivity index is 1.69. The summed E-state index contributed by atoms with van der Waals surface area (Å²) < 4.78 is 11.2. The van der Waals surface area contributed by atoms with Crippen LogP contribution in [0.4, 0.5) is 5.69 Å². The van der Waals surface area contributed by atoms with Gasteiger partial charge in [0.05, 0.1) is 22.6 Å². The molecular formula is C18H18ClN3O4. The van der Waals surface area contributed by atoms with Crippen LogP contribution in [-0.2, 0) is 11.3 Å². The number of hydrazone groups is 1. The zero-order valence-electron chi connectivity index (χ0n) is 14.4. The molecule has 0 bridgehead atoms. The number of rotatable bonds is 6. The summed E-state index contributed by atoms with van der Waals surface area (Å²) in [7, 11) is 0. The van der Waals surface area contributed by atoms with E-state index in [1.165, 1.54) is 12.1 Å².